The van der Waals surface area contributed by atoms with Gasteiger partial charge in [0.25, 0.3) is 0 Å². The monoisotopic (exact) mass is 264 g/mol. The highest BCUT2D eigenvalue weighted by molar-refractivity contribution is 6.72. The summed E-state index contributed by atoms with van der Waals surface area (Å²) in [5.41, 5.74) is 1.54. The minimum absolute atomic E-state index is 0.304. The Morgan fingerprint density at radius 2 is 1.67 bits per heavy atom. The van der Waals surface area contributed by atoms with Crippen molar-refractivity contribution in [3.8, 4) is 11.1 Å². The van der Waals surface area contributed by atoms with Crippen LogP contribution in [0.3, 0.4) is 0 Å². The Kier molecular flexibility index (Phi) is 3.58. The molecule has 0 aromatic heterocycles. The van der Waals surface area contributed by atoms with Crippen LogP contribution in [0.4, 0.5) is 4.39 Å². The SMILES string of the molecule is CO[Si](O)(O)c1ccc(-c2cccc(F)c2)cc1. The van der Waals surface area contributed by atoms with E-state index in [-0.39, 0.29) is 5.82 Å². The van der Waals surface area contributed by atoms with Crippen molar-refractivity contribution in [3.05, 3.63) is 54.3 Å². The number of hydrogen-bond acceptors (Lipinski definition) is 3. The fraction of sp³-hybridized carbons (Fsp3) is 0.0769. The van der Waals surface area contributed by atoms with Gasteiger partial charge in [-0.2, -0.15) is 0 Å². The first kappa shape index (κ1) is 12.9. The van der Waals surface area contributed by atoms with Crippen LogP contribution in [0.1, 0.15) is 0 Å². The average molecular weight is 264 g/mol. The quantitative estimate of drug-likeness (QED) is 0.821. The molecule has 0 aliphatic rings. The molecule has 94 valence electrons. The topological polar surface area (TPSA) is 49.7 Å². The molecule has 0 aliphatic heterocycles. The third-order valence-corrected chi connectivity index (χ3v) is 4.36. The summed E-state index contributed by atoms with van der Waals surface area (Å²) in [5, 5.41) is 0.352. The molecule has 0 heterocycles. The number of rotatable bonds is 3. The molecule has 5 heteroatoms. The smallest absolute Gasteiger partial charge is 0.386 e. The molecular weight excluding hydrogens is 251 g/mol. The summed E-state index contributed by atoms with van der Waals surface area (Å²) >= 11 is 0. The van der Waals surface area contributed by atoms with Gasteiger partial charge in [0, 0.05) is 12.3 Å². The third kappa shape index (κ3) is 2.65. The highest BCUT2D eigenvalue weighted by atomic mass is 28.4. The number of halogens is 1. The zero-order chi connectivity index (χ0) is 13.2. The van der Waals surface area contributed by atoms with Gasteiger partial charge in [-0.3, -0.25) is 0 Å². The van der Waals surface area contributed by atoms with E-state index in [1.807, 2.05) is 0 Å². The zero-order valence-electron chi connectivity index (χ0n) is 9.80. The Hall–Kier alpha value is -1.53. The first-order valence-electron chi connectivity index (χ1n) is 5.39. The molecule has 0 radical (unpaired) electrons. The van der Waals surface area contributed by atoms with Gasteiger partial charge < -0.3 is 14.0 Å². The first-order chi connectivity index (χ1) is 8.53. The molecule has 2 rings (SSSR count). The van der Waals surface area contributed by atoms with Gasteiger partial charge in [0.05, 0.1) is 0 Å². The lowest BCUT2D eigenvalue weighted by Gasteiger charge is -2.15. The van der Waals surface area contributed by atoms with E-state index in [1.165, 1.54) is 19.2 Å². The molecule has 0 unspecified atom stereocenters. The molecule has 2 aromatic carbocycles. The molecule has 2 aromatic rings. The summed E-state index contributed by atoms with van der Waals surface area (Å²) in [4.78, 5) is 19.2. The summed E-state index contributed by atoms with van der Waals surface area (Å²) < 4.78 is 17.8. The van der Waals surface area contributed by atoms with Gasteiger partial charge in [-0.25, -0.2) is 4.39 Å². The second-order valence-electron chi connectivity index (χ2n) is 3.90. The highest BCUT2D eigenvalue weighted by Gasteiger charge is 2.33. The van der Waals surface area contributed by atoms with Crippen LogP contribution in [0, 0.1) is 5.82 Å². The predicted octanol–water partition coefficient (Wildman–Crippen LogP) is 1.27. The Bertz CT molecular complexity index is 540. The minimum atomic E-state index is -3.76. The van der Waals surface area contributed by atoms with Crippen LogP contribution in [0.2, 0.25) is 0 Å². The summed E-state index contributed by atoms with van der Waals surface area (Å²) in [6.07, 6.45) is 0. The second kappa shape index (κ2) is 4.99. The van der Waals surface area contributed by atoms with Gasteiger partial charge in [-0.15, -0.1) is 0 Å². The van der Waals surface area contributed by atoms with Crippen molar-refractivity contribution in [2.45, 2.75) is 0 Å². The summed E-state index contributed by atoms with van der Waals surface area (Å²) in [7, 11) is -2.51. The van der Waals surface area contributed by atoms with Crippen molar-refractivity contribution in [1.82, 2.24) is 0 Å². The lowest BCUT2D eigenvalue weighted by atomic mass is 10.1. The van der Waals surface area contributed by atoms with Crippen molar-refractivity contribution in [1.29, 1.82) is 0 Å². The van der Waals surface area contributed by atoms with Crippen molar-refractivity contribution in [2.24, 2.45) is 0 Å². The van der Waals surface area contributed by atoms with Crippen molar-refractivity contribution >= 4 is 14.0 Å². The van der Waals surface area contributed by atoms with Gasteiger partial charge in [0.2, 0.25) is 0 Å². The summed E-state index contributed by atoms with van der Waals surface area (Å²) in [6.45, 7) is 0. The first-order valence-corrected chi connectivity index (χ1v) is 7.19. The fourth-order valence-corrected chi connectivity index (χ4v) is 2.50. The maximum absolute atomic E-state index is 13.1. The normalized spacial score (nSPS) is 11.6. The average Bonchev–Trinajstić information content (AvgIpc) is 2.39. The lowest BCUT2D eigenvalue weighted by Crippen LogP contribution is -2.50. The number of benzene rings is 2. The van der Waals surface area contributed by atoms with Crippen LogP contribution in [0.25, 0.3) is 11.1 Å². The van der Waals surface area contributed by atoms with E-state index in [2.05, 4.69) is 4.43 Å². The number of hydrogen-bond donors (Lipinski definition) is 2. The molecule has 18 heavy (non-hydrogen) atoms. The second-order valence-corrected chi connectivity index (χ2v) is 6.10. The van der Waals surface area contributed by atoms with E-state index in [4.69, 9.17) is 0 Å². The van der Waals surface area contributed by atoms with Gasteiger partial charge >= 0.3 is 8.80 Å². The zero-order valence-corrected chi connectivity index (χ0v) is 10.8. The molecule has 0 spiro atoms. The molecule has 0 saturated carbocycles. The van der Waals surface area contributed by atoms with Gasteiger partial charge in [0.1, 0.15) is 5.82 Å². The minimum Gasteiger partial charge on any atom is -0.386 e. The highest BCUT2D eigenvalue weighted by Crippen LogP contribution is 2.19. The Morgan fingerprint density at radius 3 is 2.22 bits per heavy atom. The van der Waals surface area contributed by atoms with Gasteiger partial charge in [0.15, 0.2) is 0 Å². The summed E-state index contributed by atoms with van der Waals surface area (Å²) in [6, 6.07) is 12.8. The van der Waals surface area contributed by atoms with Crippen LogP contribution in [-0.2, 0) is 4.43 Å². The van der Waals surface area contributed by atoms with E-state index in [0.29, 0.717) is 5.19 Å². The molecule has 0 aliphatic carbocycles. The van der Waals surface area contributed by atoms with Crippen LogP contribution in [0.5, 0.6) is 0 Å². The van der Waals surface area contributed by atoms with E-state index < -0.39 is 8.80 Å². The molecule has 3 nitrogen and oxygen atoms in total. The molecule has 0 atom stereocenters. The lowest BCUT2D eigenvalue weighted by molar-refractivity contribution is 0.204. The standard InChI is InChI=1S/C13H13FO3Si/c1-17-18(15,16)13-7-5-10(6-8-13)11-3-2-4-12(14)9-11/h2-9,15-16H,1H3. The Balaban J connectivity index is 2.33. The van der Waals surface area contributed by atoms with Crippen LogP contribution >= 0.6 is 0 Å². The van der Waals surface area contributed by atoms with Crippen LogP contribution in [-0.4, -0.2) is 25.5 Å². The fourth-order valence-electron chi connectivity index (χ4n) is 1.67. The molecule has 0 amide bonds. The summed E-state index contributed by atoms with van der Waals surface area (Å²) in [5.74, 6) is -0.304. The molecule has 0 bridgehead atoms. The molecule has 0 fully saturated rings. The largest absolute Gasteiger partial charge is 0.531 e. The maximum Gasteiger partial charge on any atom is 0.531 e. The van der Waals surface area contributed by atoms with E-state index in [1.54, 1.807) is 36.4 Å². The van der Waals surface area contributed by atoms with Gasteiger partial charge in [-0.1, -0.05) is 36.4 Å². The van der Waals surface area contributed by atoms with E-state index in [9.17, 15) is 14.0 Å². The molecule has 0 saturated heterocycles. The molecular formula is C13H13FO3Si. The van der Waals surface area contributed by atoms with E-state index >= 15 is 0 Å². The van der Waals surface area contributed by atoms with Crippen molar-refractivity contribution < 1.29 is 18.4 Å². The van der Waals surface area contributed by atoms with Crippen molar-refractivity contribution in [3.63, 3.8) is 0 Å². The van der Waals surface area contributed by atoms with Crippen LogP contribution in [0.15, 0.2) is 48.5 Å². The maximum atomic E-state index is 13.1. The third-order valence-electron chi connectivity index (χ3n) is 2.70. The van der Waals surface area contributed by atoms with Crippen LogP contribution < -0.4 is 5.19 Å². The van der Waals surface area contributed by atoms with E-state index in [0.717, 1.165) is 11.1 Å². The predicted molar refractivity (Wildman–Crippen MR) is 68.7 cm³/mol. The Morgan fingerprint density at radius 1 is 1.00 bits per heavy atom. The molecule has 2 N–H and O–H groups in total. The Labute approximate surface area is 105 Å². The van der Waals surface area contributed by atoms with Gasteiger partial charge in [-0.05, 0) is 23.3 Å². The van der Waals surface area contributed by atoms with Crippen molar-refractivity contribution in [2.75, 3.05) is 7.11 Å².